The van der Waals surface area contributed by atoms with Gasteiger partial charge in [-0.15, -0.1) is 0 Å². The quantitative estimate of drug-likeness (QED) is 0.691. The summed E-state index contributed by atoms with van der Waals surface area (Å²) >= 11 is 0. The Kier molecular flexibility index (Phi) is 3.83. The summed E-state index contributed by atoms with van der Waals surface area (Å²) in [7, 11) is -3.81. The first-order valence-electron chi connectivity index (χ1n) is 6.94. The fraction of sp³-hybridized carbons (Fsp3) is 0.0588. The molecule has 1 aromatic carbocycles. The molecule has 0 unspecified atom stereocenters. The Morgan fingerprint density at radius 2 is 1.83 bits per heavy atom. The van der Waals surface area contributed by atoms with Crippen molar-refractivity contribution in [3.8, 4) is 11.3 Å². The average molecular weight is 326 g/mol. The van der Waals surface area contributed by atoms with Crippen LogP contribution >= 0.6 is 0 Å². The lowest BCUT2D eigenvalue weighted by atomic mass is 10.2. The van der Waals surface area contributed by atoms with Crippen LogP contribution in [0, 0.1) is 6.92 Å². The molecule has 0 saturated carbocycles. The topological polar surface area (TPSA) is 69.0 Å². The third kappa shape index (κ3) is 2.57. The van der Waals surface area contributed by atoms with Gasteiger partial charge in [0, 0.05) is 29.2 Å². The van der Waals surface area contributed by atoms with E-state index in [2.05, 4.69) is 4.98 Å². The van der Waals surface area contributed by atoms with Gasteiger partial charge in [0.25, 0.3) is 10.0 Å². The van der Waals surface area contributed by atoms with Gasteiger partial charge in [-0.05, 0) is 37.3 Å². The number of carbonyl (C=O) groups is 1. The minimum Gasteiger partial charge on any atom is -0.298 e. The first-order valence-corrected chi connectivity index (χ1v) is 8.38. The standard InChI is InChI=1S/C17H14N2O3S/c1-13-15(12-20)10-17(14-6-5-9-18-11-14)19(13)23(21,22)16-7-3-2-4-8-16/h2-12H,1H3. The zero-order valence-corrected chi connectivity index (χ0v) is 13.2. The highest BCUT2D eigenvalue weighted by Gasteiger charge is 2.24. The third-order valence-corrected chi connectivity index (χ3v) is 5.42. The van der Waals surface area contributed by atoms with E-state index in [1.54, 1.807) is 55.7 Å². The summed E-state index contributed by atoms with van der Waals surface area (Å²) in [6.45, 7) is 1.62. The van der Waals surface area contributed by atoms with Gasteiger partial charge in [-0.1, -0.05) is 18.2 Å². The molecule has 0 saturated heterocycles. The van der Waals surface area contributed by atoms with E-state index in [0.717, 1.165) is 0 Å². The summed E-state index contributed by atoms with van der Waals surface area (Å²) in [6.07, 6.45) is 3.84. The van der Waals surface area contributed by atoms with E-state index in [1.807, 2.05) is 0 Å². The first kappa shape index (κ1) is 15.2. The summed E-state index contributed by atoms with van der Waals surface area (Å²) in [5, 5.41) is 0. The average Bonchev–Trinajstić information content (AvgIpc) is 2.94. The van der Waals surface area contributed by atoms with Crippen LogP contribution in [-0.4, -0.2) is 23.7 Å². The summed E-state index contributed by atoms with van der Waals surface area (Å²) in [4.78, 5) is 15.5. The molecule has 2 aromatic heterocycles. The fourth-order valence-electron chi connectivity index (χ4n) is 2.45. The highest BCUT2D eigenvalue weighted by atomic mass is 32.2. The Labute approximate surface area is 134 Å². The molecule has 0 N–H and O–H groups in total. The lowest BCUT2D eigenvalue weighted by molar-refractivity contribution is 0.112. The number of rotatable bonds is 4. The van der Waals surface area contributed by atoms with Crippen molar-refractivity contribution in [2.45, 2.75) is 11.8 Å². The van der Waals surface area contributed by atoms with Crippen LogP contribution in [0.25, 0.3) is 11.3 Å². The van der Waals surface area contributed by atoms with Crippen LogP contribution in [0.4, 0.5) is 0 Å². The summed E-state index contributed by atoms with van der Waals surface area (Å²) in [5.74, 6) is 0. The molecule has 0 atom stereocenters. The van der Waals surface area contributed by atoms with E-state index in [0.29, 0.717) is 28.8 Å². The number of carbonyl (C=O) groups excluding carboxylic acids is 1. The fourth-order valence-corrected chi connectivity index (χ4v) is 4.04. The van der Waals surface area contributed by atoms with Crippen molar-refractivity contribution in [2.75, 3.05) is 0 Å². The second kappa shape index (κ2) is 5.81. The van der Waals surface area contributed by atoms with Gasteiger partial charge in [-0.25, -0.2) is 12.4 Å². The van der Waals surface area contributed by atoms with Gasteiger partial charge in [-0.3, -0.25) is 9.78 Å². The highest BCUT2D eigenvalue weighted by Crippen LogP contribution is 2.29. The minimum absolute atomic E-state index is 0.168. The van der Waals surface area contributed by atoms with E-state index in [1.165, 1.54) is 16.1 Å². The summed E-state index contributed by atoms with van der Waals surface area (Å²) < 4.78 is 27.2. The Balaban J connectivity index is 2.31. The van der Waals surface area contributed by atoms with Gasteiger partial charge in [0.05, 0.1) is 10.6 Å². The van der Waals surface area contributed by atoms with Crippen LogP contribution in [-0.2, 0) is 10.0 Å². The number of nitrogens with zero attached hydrogens (tertiary/aromatic N) is 2. The number of aromatic nitrogens is 2. The van der Waals surface area contributed by atoms with Gasteiger partial charge in [0.1, 0.15) is 0 Å². The van der Waals surface area contributed by atoms with Crippen molar-refractivity contribution >= 4 is 16.3 Å². The lowest BCUT2D eigenvalue weighted by Gasteiger charge is -2.12. The van der Waals surface area contributed by atoms with Crippen LogP contribution in [0.5, 0.6) is 0 Å². The first-order chi connectivity index (χ1) is 11.1. The van der Waals surface area contributed by atoms with Gasteiger partial charge < -0.3 is 0 Å². The van der Waals surface area contributed by atoms with Crippen molar-refractivity contribution in [2.24, 2.45) is 0 Å². The Hall–Kier alpha value is -2.73. The van der Waals surface area contributed by atoms with Crippen LogP contribution in [0.2, 0.25) is 0 Å². The summed E-state index contributed by atoms with van der Waals surface area (Å²) in [5.41, 5.74) is 1.76. The van der Waals surface area contributed by atoms with Crippen LogP contribution in [0.15, 0.2) is 65.8 Å². The number of hydrogen-bond donors (Lipinski definition) is 0. The van der Waals surface area contributed by atoms with Gasteiger partial charge >= 0.3 is 0 Å². The smallest absolute Gasteiger partial charge is 0.268 e. The summed E-state index contributed by atoms with van der Waals surface area (Å²) in [6, 6.07) is 13.2. The van der Waals surface area contributed by atoms with Crippen molar-refractivity contribution in [3.05, 3.63) is 72.2 Å². The van der Waals surface area contributed by atoms with Gasteiger partial charge in [-0.2, -0.15) is 0 Å². The molecular weight excluding hydrogens is 312 g/mol. The van der Waals surface area contributed by atoms with E-state index in [-0.39, 0.29) is 4.90 Å². The molecular formula is C17H14N2O3S. The molecule has 0 fully saturated rings. The maximum atomic E-state index is 13.0. The number of aldehydes is 1. The largest absolute Gasteiger partial charge is 0.298 e. The SMILES string of the molecule is Cc1c(C=O)cc(-c2cccnc2)n1S(=O)(=O)c1ccccc1. The van der Waals surface area contributed by atoms with E-state index in [9.17, 15) is 13.2 Å². The van der Waals surface area contributed by atoms with E-state index >= 15 is 0 Å². The second-order valence-electron chi connectivity index (χ2n) is 5.01. The molecule has 0 aliphatic carbocycles. The maximum absolute atomic E-state index is 13.0. The molecule has 116 valence electrons. The van der Waals surface area contributed by atoms with Crippen LogP contribution in [0.1, 0.15) is 16.1 Å². The molecule has 23 heavy (non-hydrogen) atoms. The molecule has 0 bridgehead atoms. The van der Waals surface area contributed by atoms with E-state index < -0.39 is 10.0 Å². The van der Waals surface area contributed by atoms with Crippen LogP contribution < -0.4 is 0 Å². The second-order valence-corrected chi connectivity index (χ2v) is 6.80. The molecule has 0 aliphatic rings. The van der Waals surface area contributed by atoms with Crippen LogP contribution in [0.3, 0.4) is 0 Å². The molecule has 0 spiro atoms. The Morgan fingerprint density at radius 3 is 2.43 bits per heavy atom. The van der Waals surface area contributed by atoms with Crippen molar-refractivity contribution < 1.29 is 13.2 Å². The highest BCUT2D eigenvalue weighted by molar-refractivity contribution is 7.90. The minimum atomic E-state index is -3.81. The van der Waals surface area contributed by atoms with Crippen molar-refractivity contribution in [3.63, 3.8) is 0 Å². The molecule has 5 nitrogen and oxygen atoms in total. The van der Waals surface area contributed by atoms with Crippen molar-refractivity contribution in [1.82, 2.24) is 8.96 Å². The zero-order chi connectivity index (χ0) is 16.4. The molecule has 0 amide bonds. The third-order valence-electron chi connectivity index (χ3n) is 3.60. The number of pyridine rings is 1. The molecule has 0 radical (unpaired) electrons. The number of hydrogen-bond acceptors (Lipinski definition) is 4. The molecule has 3 rings (SSSR count). The Morgan fingerprint density at radius 1 is 1.09 bits per heavy atom. The lowest BCUT2D eigenvalue weighted by Crippen LogP contribution is -2.16. The predicted octanol–water partition coefficient (Wildman–Crippen LogP) is 2.91. The Bertz CT molecular complexity index is 946. The normalized spacial score (nSPS) is 11.3. The predicted molar refractivity (Wildman–Crippen MR) is 86.8 cm³/mol. The molecule has 2 heterocycles. The van der Waals surface area contributed by atoms with Crippen molar-refractivity contribution in [1.29, 1.82) is 0 Å². The molecule has 3 aromatic rings. The molecule has 0 aliphatic heterocycles. The van der Waals surface area contributed by atoms with E-state index in [4.69, 9.17) is 0 Å². The molecule has 6 heteroatoms. The monoisotopic (exact) mass is 326 g/mol. The van der Waals surface area contributed by atoms with Gasteiger partial charge in [0.2, 0.25) is 0 Å². The van der Waals surface area contributed by atoms with Gasteiger partial charge in [0.15, 0.2) is 6.29 Å². The maximum Gasteiger partial charge on any atom is 0.268 e. The number of benzene rings is 1. The zero-order valence-electron chi connectivity index (χ0n) is 12.4.